The van der Waals surface area contributed by atoms with E-state index in [2.05, 4.69) is 22.0 Å². The van der Waals surface area contributed by atoms with Crippen LogP contribution in [0.1, 0.15) is 43.9 Å². The SMILES string of the molecule is Cc1cccc(CCC(=O)NCc2cccc(NC(=O)CNC(=O)OC(C)(C)C)c2)c1. The summed E-state index contributed by atoms with van der Waals surface area (Å²) in [5.74, 6) is -0.400. The Morgan fingerprint density at radius 2 is 1.61 bits per heavy atom. The molecule has 2 aromatic carbocycles. The van der Waals surface area contributed by atoms with Gasteiger partial charge in [0.2, 0.25) is 11.8 Å². The van der Waals surface area contributed by atoms with E-state index in [1.165, 1.54) is 5.56 Å². The number of carbonyl (C=O) groups is 3. The van der Waals surface area contributed by atoms with E-state index >= 15 is 0 Å². The summed E-state index contributed by atoms with van der Waals surface area (Å²) in [5.41, 5.74) is 3.14. The molecule has 0 bridgehead atoms. The first-order chi connectivity index (χ1) is 14.6. The number of hydrogen-bond acceptors (Lipinski definition) is 4. The van der Waals surface area contributed by atoms with Crippen molar-refractivity contribution in [3.8, 4) is 0 Å². The van der Waals surface area contributed by atoms with Crippen molar-refractivity contribution in [2.75, 3.05) is 11.9 Å². The molecule has 0 aromatic heterocycles. The molecule has 31 heavy (non-hydrogen) atoms. The maximum Gasteiger partial charge on any atom is 0.408 e. The summed E-state index contributed by atoms with van der Waals surface area (Å²) in [6, 6.07) is 15.3. The van der Waals surface area contributed by atoms with Crippen LogP contribution < -0.4 is 16.0 Å². The molecule has 0 fully saturated rings. The number of rotatable bonds is 8. The normalized spacial score (nSPS) is 10.8. The fraction of sp³-hybridized carbons (Fsp3) is 0.375. The van der Waals surface area contributed by atoms with Gasteiger partial charge in [-0.25, -0.2) is 4.79 Å². The van der Waals surface area contributed by atoms with Gasteiger partial charge >= 0.3 is 6.09 Å². The van der Waals surface area contributed by atoms with Gasteiger partial charge in [0.25, 0.3) is 0 Å². The predicted molar refractivity (Wildman–Crippen MR) is 121 cm³/mol. The molecule has 0 heterocycles. The average Bonchev–Trinajstić information content (AvgIpc) is 2.68. The lowest BCUT2D eigenvalue weighted by molar-refractivity contribution is -0.121. The van der Waals surface area contributed by atoms with Gasteiger partial charge in [0.15, 0.2) is 0 Å². The lowest BCUT2D eigenvalue weighted by Gasteiger charge is -2.19. The molecule has 0 aliphatic heterocycles. The molecule has 0 unspecified atom stereocenters. The molecular weight excluding hydrogens is 394 g/mol. The Bertz CT molecular complexity index is 919. The van der Waals surface area contributed by atoms with Gasteiger partial charge in [-0.2, -0.15) is 0 Å². The molecule has 0 saturated carbocycles. The fourth-order valence-corrected chi connectivity index (χ4v) is 2.85. The number of benzene rings is 2. The zero-order valence-corrected chi connectivity index (χ0v) is 18.6. The van der Waals surface area contributed by atoms with Crippen molar-refractivity contribution in [3.05, 3.63) is 65.2 Å². The number of anilines is 1. The first-order valence-electron chi connectivity index (χ1n) is 10.3. The van der Waals surface area contributed by atoms with E-state index in [-0.39, 0.29) is 18.4 Å². The number of aryl methyl sites for hydroxylation is 2. The van der Waals surface area contributed by atoms with E-state index < -0.39 is 11.7 Å². The topological polar surface area (TPSA) is 96.5 Å². The highest BCUT2D eigenvalue weighted by molar-refractivity contribution is 5.93. The number of carbonyl (C=O) groups excluding carboxylic acids is 3. The molecule has 7 heteroatoms. The Morgan fingerprint density at radius 3 is 2.32 bits per heavy atom. The number of amides is 3. The molecule has 3 N–H and O–H groups in total. The highest BCUT2D eigenvalue weighted by atomic mass is 16.6. The van der Waals surface area contributed by atoms with Crippen LogP contribution in [0, 0.1) is 6.92 Å². The van der Waals surface area contributed by atoms with Gasteiger partial charge < -0.3 is 20.7 Å². The minimum absolute atomic E-state index is 0.0301. The van der Waals surface area contributed by atoms with Crippen LogP contribution in [0.5, 0.6) is 0 Å². The second-order valence-electron chi connectivity index (χ2n) is 8.37. The molecule has 0 atom stereocenters. The van der Waals surface area contributed by atoms with Crippen molar-refractivity contribution in [3.63, 3.8) is 0 Å². The molecular formula is C24H31N3O4. The smallest absolute Gasteiger partial charge is 0.408 e. The van der Waals surface area contributed by atoms with E-state index in [1.54, 1.807) is 39.0 Å². The summed E-state index contributed by atoms with van der Waals surface area (Å²) in [5, 5.41) is 8.03. The van der Waals surface area contributed by atoms with E-state index in [9.17, 15) is 14.4 Å². The van der Waals surface area contributed by atoms with Crippen molar-refractivity contribution >= 4 is 23.6 Å². The molecule has 2 aromatic rings. The van der Waals surface area contributed by atoms with Crippen LogP contribution in [0.15, 0.2) is 48.5 Å². The third-order valence-electron chi connectivity index (χ3n) is 4.22. The number of alkyl carbamates (subject to hydrolysis) is 1. The van der Waals surface area contributed by atoms with Crippen molar-refractivity contribution in [2.24, 2.45) is 0 Å². The molecule has 0 saturated heterocycles. The summed E-state index contributed by atoms with van der Waals surface area (Å²) in [6.45, 7) is 7.45. The monoisotopic (exact) mass is 425 g/mol. The van der Waals surface area contributed by atoms with Crippen molar-refractivity contribution in [2.45, 2.75) is 52.7 Å². The Hall–Kier alpha value is -3.35. The molecule has 2 rings (SSSR count). The summed E-state index contributed by atoms with van der Waals surface area (Å²) in [4.78, 5) is 35.8. The number of nitrogens with one attached hydrogen (secondary N) is 3. The van der Waals surface area contributed by atoms with Crippen LogP contribution >= 0.6 is 0 Å². The van der Waals surface area contributed by atoms with E-state index in [0.29, 0.717) is 25.1 Å². The fourth-order valence-electron chi connectivity index (χ4n) is 2.85. The van der Waals surface area contributed by atoms with Gasteiger partial charge in [0.05, 0.1) is 0 Å². The largest absolute Gasteiger partial charge is 0.444 e. The summed E-state index contributed by atoms with van der Waals surface area (Å²) in [7, 11) is 0. The molecule has 0 radical (unpaired) electrons. The first kappa shape index (κ1) is 23.9. The van der Waals surface area contributed by atoms with Gasteiger partial charge in [0, 0.05) is 18.7 Å². The summed E-state index contributed by atoms with van der Waals surface area (Å²) in [6.07, 6.45) is 0.453. The van der Waals surface area contributed by atoms with Crippen LogP contribution in [0.2, 0.25) is 0 Å². The average molecular weight is 426 g/mol. The summed E-state index contributed by atoms with van der Waals surface area (Å²) >= 11 is 0. The summed E-state index contributed by atoms with van der Waals surface area (Å²) < 4.78 is 5.10. The van der Waals surface area contributed by atoms with Gasteiger partial charge in [0.1, 0.15) is 12.1 Å². The van der Waals surface area contributed by atoms with Gasteiger partial charge in [-0.3, -0.25) is 9.59 Å². The van der Waals surface area contributed by atoms with Crippen molar-refractivity contribution in [1.82, 2.24) is 10.6 Å². The van der Waals surface area contributed by atoms with Crippen LogP contribution in [-0.4, -0.2) is 30.1 Å². The third-order valence-corrected chi connectivity index (χ3v) is 4.22. The van der Waals surface area contributed by atoms with Crippen LogP contribution in [0.25, 0.3) is 0 Å². The Morgan fingerprint density at radius 1 is 0.903 bits per heavy atom. The number of ether oxygens (including phenoxy) is 1. The minimum Gasteiger partial charge on any atom is -0.444 e. The molecule has 3 amide bonds. The molecule has 0 aliphatic rings. The highest BCUT2D eigenvalue weighted by Crippen LogP contribution is 2.11. The molecule has 0 aliphatic carbocycles. The zero-order valence-electron chi connectivity index (χ0n) is 18.6. The Labute approximate surface area is 183 Å². The van der Waals surface area contributed by atoms with Gasteiger partial charge in [-0.15, -0.1) is 0 Å². The maximum atomic E-state index is 12.2. The first-order valence-corrected chi connectivity index (χ1v) is 10.3. The molecule has 0 spiro atoms. The lowest BCUT2D eigenvalue weighted by atomic mass is 10.1. The molecule has 166 valence electrons. The van der Waals surface area contributed by atoms with Gasteiger partial charge in [-0.1, -0.05) is 42.0 Å². The quantitative estimate of drug-likeness (QED) is 0.601. The standard InChI is InChI=1S/C24H31N3O4/c1-17-7-5-8-18(13-17)11-12-21(28)25-15-19-9-6-10-20(14-19)27-22(29)16-26-23(30)31-24(2,3)4/h5-10,13-14H,11-12,15-16H2,1-4H3,(H,25,28)(H,26,30)(H,27,29). The second-order valence-corrected chi connectivity index (χ2v) is 8.37. The van der Waals surface area contributed by atoms with Crippen LogP contribution in [0.3, 0.4) is 0 Å². The Balaban J connectivity index is 1.76. The van der Waals surface area contributed by atoms with E-state index in [4.69, 9.17) is 4.74 Å². The second kappa shape index (κ2) is 11.2. The highest BCUT2D eigenvalue weighted by Gasteiger charge is 2.16. The van der Waals surface area contributed by atoms with Crippen molar-refractivity contribution < 1.29 is 19.1 Å². The third kappa shape index (κ3) is 9.80. The van der Waals surface area contributed by atoms with Crippen LogP contribution in [-0.2, 0) is 27.3 Å². The minimum atomic E-state index is -0.648. The lowest BCUT2D eigenvalue weighted by Crippen LogP contribution is -2.37. The molecule has 7 nitrogen and oxygen atoms in total. The zero-order chi connectivity index (χ0) is 22.9. The van der Waals surface area contributed by atoms with Gasteiger partial charge in [-0.05, 0) is 57.4 Å². The maximum absolute atomic E-state index is 12.2. The Kier molecular flexibility index (Phi) is 8.61. The van der Waals surface area contributed by atoms with E-state index in [1.807, 2.05) is 31.2 Å². The van der Waals surface area contributed by atoms with E-state index in [0.717, 1.165) is 11.1 Å². The predicted octanol–water partition coefficient (Wildman–Crippen LogP) is 3.71. The van der Waals surface area contributed by atoms with Crippen molar-refractivity contribution in [1.29, 1.82) is 0 Å². The number of hydrogen-bond donors (Lipinski definition) is 3. The van der Waals surface area contributed by atoms with Crippen LogP contribution in [0.4, 0.5) is 10.5 Å².